The van der Waals surface area contributed by atoms with E-state index in [2.05, 4.69) is 21.3 Å². The number of nitrogens with one attached hydrogen (secondary N) is 4. The normalized spacial score (nSPS) is 40.9. The number of amides is 4. The number of carbonyl (C=O) groups is 8. The number of hydrogen-bond acceptors (Lipinski definition) is 16. The fourth-order valence-electron chi connectivity index (χ4n) is 12.5. The number of esters is 4. The van der Waals surface area contributed by atoms with Crippen molar-refractivity contribution >= 4 is 90.7 Å². The van der Waals surface area contributed by atoms with Crippen LogP contribution in [0.3, 0.4) is 0 Å². The summed E-state index contributed by atoms with van der Waals surface area (Å²) in [5.74, 6) is -2.92. The van der Waals surface area contributed by atoms with E-state index in [1.165, 1.54) is 71.6 Å². The van der Waals surface area contributed by atoms with Gasteiger partial charge in [-0.25, -0.2) is 19.2 Å². The molecule has 0 aromatic rings. The summed E-state index contributed by atoms with van der Waals surface area (Å²) in [6, 6.07) is -4.08. The molecule has 4 amide bonds. The molecule has 1 heterocycles. The maximum atomic E-state index is 14.4. The van der Waals surface area contributed by atoms with Crippen LogP contribution in [-0.2, 0) is 57.3 Å². The second-order valence-electron chi connectivity index (χ2n) is 18.4. The van der Waals surface area contributed by atoms with Gasteiger partial charge in [-0.15, -0.1) is 0 Å². The monoisotopic (exact) mass is 912 g/mol. The Hall–Kier alpha value is -2.84. The fourth-order valence-corrected chi connectivity index (χ4v) is 17.1. The Morgan fingerprint density at radius 1 is 0.417 bits per heavy atom. The minimum atomic E-state index is -1.02. The lowest BCUT2D eigenvalue weighted by Crippen LogP contribution is -2.63. The first kappa shape index (κ1) is 45.2. The fraction of sp³-hybridized carbons (Fsp3) is 0.800. The van der Waals surface area contributed by atoms with E-state index in [0.717, 1.165) is 12.8 Å². The van der Waals surface area contributed by atoms with Gasteiger partial charge in [0.05, 0.1) is 50.1 Å². The zero-order valence-corrected chi connectivity index (χ0v) is 37.7. The Labute approximate surface area is 365 Å². The molecular formula is C40H56N4O12S4. The van der Waals surface area contributed by atoms with Crippen LogP contribution in [0, 0.1) is 45.3 Å². The summed E-state index contributed by atoms with van der Waals surface area (Å²) in [6.07, 6.45) is 6.95. The van der Waals surface area contributed by atoms with Crippen LogP contribution in [0.1, 0.15) is 77.0 Å². The summed E-state index contributed by atoms with van der Waals surface area (Å²) in [6.45, 7) is 0. The Kier molecular flexibility index (Phi) is 13.6. The summed E-state index contributed by atoms with van der Waals surface area (Å²) in [5.41, 5.74) is -3.59. The molecule has 8 aliphatic carbocycles. The van der Waals surface area contributed by atoms with Crippen molar-refractivity contribution < 1.29 is 57.3 Å². The molecule has 4 unspecified atom stereocenters. The molecule has 332 valence electrons. The Balaban J connectivity index is 1.16. The lowest BCUT2D eigenvalue weighted by molar-refractivity contribution is -0.170. The van der Waals surface area contributed by atoms with E-state index in [1.54, 1.807) is 0 Å². The van der Waals surface area contributed by atoms with E-state index >= 15 is 0 Å². The van der Waals surface area contributed by atoms with Gasteiger partial charge in [-0.1, -0.05) is 43.2 Å². The minimum absolute atomic E-state index is 0.105. The first-order valence-corrected chi connectivity index (χ1v) is 25.6. The number of carbonyl (C=O) groups excluding carboxylic acids is 8. The van der Waals surface area contributed by atoms with Gasteiger partial charge in [0.2, 0.25) is 23.6 Å². The van der Waals surface area contributed by atoms with Crippen LogP contribution in [0.5, 0.6) is 0 Å². The van der Waals surface area contributed by atoms with Gasteiger partial charge < -0.3 is 40.2 Å². The van der Waals surface area contributed by atoms with E-state index < -0.39 is 69.7 Å². The molecule has 0 aromatic carbocycles. The predicted octanol–water partition coefficient (Wildman–Crippen LogP) is 2.57. The molecule has 4 N–H and O–H groups in total. The van der Waals surface area contributed by atoms with Gasteiger partial charge in [0.1, 0.15) is 24.2 Å². The highest BCUT2D eigenvalue weighted by molar-refractivity contribution is 8.77. The molecule has 16 nitrogen and oxygen atoms in total. The van der Waals surface area contributed by atoms with E-state index in [-0.39, 0.29) is 83.2 Å². The smallest absolute Gasteiger partial charge is 0.329 e. The maximum Gasteiger partial charge on any atom is 0.329 e. The molecule has 9 aliphatic rings. The Morgan fingerprint density at radius 2 is 0.617 bits per heavy atom. The molecule has 4 spiro atoms. The van der Waals surface area contributed by atoms with Crippen molar-refractivity contribution in [2.75, 3.05) is 51.5 Å². The quantitative estimate of drug-likeness (QED) is 0.181. The summed E-state index contributed by atoms with van der Waals surface area (Å²) in [4.78, 5) is 110. The number of hydrogen-bond donors (Lipinski definition) is 4. The molecule has 9 rings (SSSR count). The minimum Gasteiger partial charge on any atom is -0.467 e. The van der Waals surface area contributed by atoms with Crippen LogP contribution < -0.4 is 21.3 Å². The van der Waals surface area contributed by atoms with Crippen molar-refractivity contribution in [1.82, 2.24) is 21.3 Å². The molecule has 60 heavy (non-hydrogen) atoms. The van der Waals surface area contributed by atoms with Crippen molar-refractivity contribution in [3.8, 4) is 0 Å². The van der Waals surface area contributed by atoms with Crippen molar-refractivity contribution in [3.63, 3.8) is 0 Å². The van der Waals surface area contributed by atoms with Crippen molar-refractivity contribution in [2.45, 2.75) is 101 Å². The highest BCUT2D eigenvalue weighted by Gasteiger charge is 2.65. The highest BCUT2D eigenvalue weighted by atomic mass is 33.1. The van der Waals surface area contributed by atoms with Crippen molar-refractivity contribution in [3.05, 3.63) is 0 Å². The molecule has 1 aliphatic heterocycles. The molecule has 0 radical (unpaired) electrons. The highest BCUT2D eigenvalue weighted by Crippen LogP contribution is 2.67. The standard InChI is InChI=1S/C40H56N4O12S4/c1-53-29(45)25-15-57-58-16-26(30(46)54-2)42-35(51)39-11-23-6-24(12-39)14-40(13-23,20-39)36(52)44-28(32(48)56-4)18-60-59-17-27(31(47)55-3)43-34(50)38-9-21-5-22(10-38)8-37(7-21,19-38)33(49)41-25/h21-28H,5-20H2,1-4H3,(H,41,49)(H,42,51)(H,43,50)(H,44,52)/t21?,22?,23?,24?,25-,26-,27-,28+,37?,38?,39?,40?/m0/s1. The average Bonchev–Trinajstić information content (AvgIpc) is 3.21. The Bertz CT molecular complexity index is 1500. The molecule has 8 bridgehead atoms. The number of ether oxygens (including phenoxy) is 4. The van der Waals surface area contributed by atoms with Crippen LogP contribution >= 0.6 is 43.2 Å². The van der Waals surface area contributed by atoms with Crippen LogP contribution in [0.2, 0.25) is 0 Å². The SMILES string of the molecule is COC(=O)[C@@H]1CSSC[C@@H](C(=O)OC)NC(=O)C23CC4CC(C2)CC(C4)(C3)C(=O)N[C@@H](C(=O)OC)CSSC[C@@H](C(=O)OC)NC(=O)C23CC4CC(CC(C4)(C2)C(=O)N1)C3. The van der Waals surface area contributed by atoms with Gasteiger partial charge >= 0.3 is 23.9 Å². The average molecular weight is 913 g/mol. The molecule has 8 atom stereocenters. The lowest BCUT2D eigenvalue weighted by atomic mass is 9.43. The summed E-state index contributed by atoms with van der Waals surface area (Å²) in [5, 5.41) is 11.8. The third kappa shape index (κ3) is 8.86. The molecule has 8 saturated carbocycles. The zero-order chi connectivity index (χ0) is 43.0. The van der Waals surface area contributed by atoms with Crippen LogP contribution in [0.15, 0.2) is 0 Å². The van der Waals surface area contributed by atoms with Gasteiger partial charge in [-0.3, -0.25) is 19.2 Å². The van der Waals surface area contributed by atoms with Gasteiger partial charge in [0.15, 0.2) is 0 Å². The molecule has 9 fully saturated rings. The summed E-state index contributed by atoms with van der Waals surface area (Å²) in [7, 11) is 9.98. The van der Waals surface area contributed by atoms with E-state index in [4.69, 9.17) is 18.9 Å². The second-order valence-corrected chi connectivity index (χ2v) is 23.5. The van der Waals surface area contributed by atoms with Crippen molar-refractivity contribution in [1.29, 1.82) is 0 Å². The van der Waals surface area contributed by atoms with Crippen molar-refractivity contribution in [2.24, 2.45) is 45.3 Å². The molecule has 1 saturated heterocycles. The third-order valence-corrected chi connectivity index (χ3v) is 19.2. The van der Waals surface area contributed by atoms with E-state index in [1.807, 2.05) is 0 Å². The molecule has 20 heteroatoms. The zero-order valence-electron chi connectivity index (χ0n) is 34.5. The van der Waals surface area contributed by atoms with Gasteiger partial charge in [0.25, 0.3) is 0 Å². The molecular weight excluding hydrogens is 857 g/mol. The van der Waals surface area contributed by atoms with Crippen LogP contribution in [0.4, 0.5) is 0 Å². The first-order chi connectivity index (χ1) is 28.6. The number of methoxy groups -OCH3 is 4. The number of rotatable bonds is 4. The van der Waals surface area contributed by atoms with Crippen LogP contribution in [0.25, 0.3) is 0 Å². The summed E-state index contributed by atoms with van der Waals surface area (Å²) >= 11 is 0. The topological polar surface area (TPSA) is 222 Å². The summed E-state index contributed by atoms with van der Waals surface area (Å²) < 4.78 is 20.4. The Morgan fingerprint density at radius 3 is 0.800 bits per heavy atom. The lowest BCUT2D eigenvalue weighted by Gasteiger charge is -2.60. The first-order valence-electron chi connectivity index (χ1n) is 20.7. The van der Waals surface area contributed by atoms with Gasteiger partial charge in [0, 0.05) is 23.0 Å². The predicted molar refractivity (Wildman–Crippen MR) is 225 cm³/mol. The maximum absolute atomic E-state index is 14.4. The van der Waals surface area contributed by atoms with Gasteiger partial charge in [-0.2, -0.15) is 0 Å². The second kappa shape index (κ2) is 18.1. The molecule has 0 aromatic heterocycles. The van der Waals surface area contributed by atoms with E-state index in [0.29, 0.717) is 51.4 Å². The van der Waals surface area contributed by atoms with Crippen LogP contribution in [-0.4, -0.2) is 123 Å². The van der Waals surface area contributed by atoms with Gasteiger partial charge in [-0.05, 0) is 101 Å². The largest absolute Gasteiger partial charge is 0.467 e. The van der Waals surface area contributed by atoms with E-state index in [9.17, 15) is 38.4 Å². The third-order valence-electron chi connectivity index (χ3n) is 14.3.